The molecule has 16 heavy (non-hydrogen) atoms. The van der Waals surface area contributed by atoms with Crippen LogP contribution >= 0.6 is 0 Å². The number of hydrogen-bond acceptors (Lipinski definition) is 4. The summed E-state index contributed by atoms with van der Waals surface area (Å²) in [6.07, 6.45) is 1.62. The Morgan fingerprint density at radius 1 is 1.44 bits per heavy atom. The number of pyridine rings is 1. The molecule has 0 aliphatic carbocycles. The highest BCUT2D eigenvalue weighted by molar-refractivity contribution is 6.01. The van der Waals surface area contributed by atoms with Gasteiger partial charge in [-0.1, -0.05) is 12.1 Å². The summed E-state index contributed by atoms with van der Waals surface area (Å²) in [6, 6.07) is 7.34. The third-order valence-corrected chi connectivity index (χ3v) is 2.23. The molecule has 1 aromatic carbocycles. The number of carboxylic acid groups (broad SMARTS) is 1. The number of nitrogen functional groups attached to an aromatic ring is 1. The second-order valence-electron chi connectivity index (χ2n) is 3.35. The van der Waals surface area contributed by atoms with Crippen molar-refractivity contribution < 1.29 is 9.90 Å². The molecule has 82 valence electrons. The van der Waals surface area contributed by atoms with Crippen LogP contribution in [-0.4, -0.2) is 22.6 Å². The van der Waals surface area contributed by atoms with Crippen molar-refractivity contribution in [3.05, 3.63) is 30.5 Å². The number of benzene rings is 1. The monoisotopic (exact) mass is 217 g/mol. The van der Waals surface area contributed by atoms with Gasteiger partial charge in [0.1, 0.15) is 12.4 Å². The van der Waals surface area contributed by atoms with Crippen molar-refractivity contribution >= 4 is 28.2 Å². The maximum atomic E-state index is 10.5. The van der Waals surface area contributed by atoms with E-state index in [0.29, 0.717) is 11.5 Å². The van der Waals surface area contributed by atoms with Crippen LogP contribution in [0.15, 0.2) is 30.5 Å². The number of nitrogens with zero attached hydrogens (tertiary/aromatic N) is 1. The van der Waals surface area contributed by atoms with E-state index in [1.165, 1.54) is 0 Å². The number of carboxylic acids is 1. The van der Waals surface area contributed by atoms with Gasteiger partial charge in [0.15, 0.2) is 0 Å². The first-order valence-corrected chi connectivity index (χ1v) is 4.77. The van der Waals surface area contributed by atoms with Crippen molar-refractivity contribution in [1.82, 2.24) is 4.98 Å². The molecule has 0 amide bonds. The summed E-state index contributed by atoms with van der Waals surface area (Å²) in [5.74, 6) is -0.439. The Morgan fingerprint density at radius 3 is 3.00 bits per heavy atom. The fourth-order valence-corrected chi connectivity index (χ4v) is 1.55. The summed E-state index contributed by atoms with van der Waals surface area (Å²) in [5, 5.41) is 13.0. The molecule has 0 aliphatic heterocycles. The van der Waals surface area contributed by atoms with E-state index in [1.54, 1.807) is 12.3 Å². The standard InChI is InChI=1S/C11H11N3O2/c12-8-3-1-2-7-4-5-13-11(10(7)8)14-6-9(15)16/h1-5H,6,12H2,(H,13,14)(H,15,16). The van der Waals surface area contributed by atoms with E-state index < -0.39 is 5.97 Å². The molecule has 1 aromatic heterocycles. The topological polar surface area (TPSA) is 88.2 Å². The van der Waals surface area contributed by atoms with Gasteiger partial charge in [0.2, 0.25) is 0 Å². The number of aliphatic carboxylic acids is 1. The Hall–Kier alpha value is -2.30. The zero-order valence-corrected chi connectivity index (χ0v) is 8.47. The molecule has 2 aromatic rings. The predicted octanol–water partition coefficient (Wildman–Crippen LogP) is 1.31. The summed E-state index contributed by atoms with van der Waals surface area (Å²) in [4.78, 5) is 14.6. The summed E-state index contributed by atoms with van der Waals surface area (Å²) < 4.78 is 0. The Labute approximate surface area is 91.9 Å². The molecule has 1 heterocycles. The molecule has 0 unspecified atom stereocenters. The number of rotatable bonds is 3. The number of nitrogens with two attached hydrogens (primary N) is 1. The van der Waals surface area contributed by atoms with Gasteiger partial charge in [-0.15, -0.1) is 0 Å². The first-order chi connectivity index (χ1) is 7.68. The quantitative estimate of drug-likeness (QED) is 0.674. The molecule has 5 nitrogen and oxygen atoms in total. The summed E-state index contributed by atoms with van der Waals surface area (Å²) >= 11 is 0. The second kappa shape index (κ2) is 4.06. The SMILES string of the molecule is Nc1cccc2ccnc(NCC(=O)O)c12. The lowest BCUT2D eigenvalue weighted by Crippen LogP contribution is -2.13. The van der Waals surface area contributed by atoms with Gasteiger partial charge in [0, 0.05) is 17.3 Å². The van der Waals surface area contributed by atoms with Crippen LogP contribution in [0.4, 0.5) is 11.5 Å². The van der Waals surface area contributed by atoms with Gasteiger partial charge in [-0.05, 0) is 17.5 Å². The molecule has 4 N–H and O–H groups in total. The highest BCUT2D eigenvalue weighted by atomic mass is 16.4. The van der Waals surface area contributed by atoms with E-state index in [4.69, 9.17) is 10.8 Å². The van der Waals surface area contributed by atoms with E-state index in [2.05, 4.69) is 10.3 Å². The maximum Gasteiger partial charge on any atom is 0.322 e. The van der Waals surface area contributed by atoms with E-state index in [-0.39, 0.29) is 6.54 Å². The minimum Gasteiger partial charge on any atom is -0.480 e. The maximum absolute atomic E-state index is 10.5. The highest BCUT2D eigenvalue weighted by Crippen LogP contribution is 2.26. The fourth-order valence-electron chi connectivity index (χ4n) is 1.55. The van der Waals surface area contributed by atoms with E-state index in [1.807, 2.05) is 18.2 Å². The smallest absolute Gasteiger partial charge is 0.322 e. The first kappa shape index (κ1) is 10.2. The number of hydrogen-bond donors (Lipinski definition) is 3. The van der Waals surface area contributed by atoms with Crippen molar-refractivity contribution in [2.45, 2.75) is 0 Å². The van der Waals surface area contributed by atoms with Gasteiger partial charge in [-0.25, -0.2) is 4.98 Å². The van der Waals surface area contributed by atoms with E-state index >= 15 is 0 Å². The average Bonchev–Trinajstić information content (AvgIpc) is 2.26. The third kappa shape index (κ3) is 1.88. The van der Waals surface area contributed by atoms with E-state index in [0.717, 1.165) is 10.8 Å². The average molecular weight is 217 g/mol. The number of aromatic nitrogens is 1. The molecule has 0 atom stereocenters. The Morgan fingerprint density at radius 2 is 2.25 bits per heavy atom. The number of fused-ring (bicyclic) bond motifs is 1. The molecule has 0 bridgehead atoms. The van der Waals surface area contributed by atoms with Crippen LogP contribution < -0.4 is 11.1 Å². The number of carbonyl (C=O) groups is 1. The van der Waals surface area contributed by atoms with Gasteiger partial charge in [-0.2, -0.15) is 0 Å². The van der Waals surface area contributed by atoms with Crippen LogP contribution in [0.3, 0.4) is 0 Å². The predicted molar refractivity (Wildman–Crippen MR) is 62.3 cm³/mol. The van der Waals surface area contributed by atoms with Crippen LogP contribution in [0.1, 0.15) is 0 Å². The minimum absolute atomic E-state index is 0.180. The lowest BCUT2D eigenvalue weighted by molar-refractivity contribution is -0.134. The molecule has 0 saturated carbocycles. The van der Waals surface area contributed by atoms with Gasteiger partial charge in [0.25, 0.3) is 0 Å². The van der Waals surface area contributed by atoms with Crippen molar-refractivity contribution in [2.75, 3.05) is 17.6 Å². The lowest BCUT2D eigenvalue weighted by Gasteiger charge is -2.08. The van der Waals surface area contributed by atoms with Crippen molar-refractivity contribution in [3.63, 3.8) is 0 Å². The molecular formula is C11H11N3O2. The van der Waals surface area contributed by atoms with Crippen LogP contribution in [0.2, 0.25) is 0 Å². The molecule has 0 fully saturated rings. The van der Waals surface area contributed by atoms with Gasteiger partial charge < -0.3 is 16.2 Å². The summed E-state index contributed by atoms with van der Waals surface area (Å²) in [7, 11) is 0. The van der Waals surface area contributed by atoms with Crippen molar-refractivity contribution in [2.24, 2.45) is 0 Å². The summed E-state index contributed by atoms with van der Waals surface area (Å²) in [5.41, 5.74) is 6.42. The van der Waals surface area contributed by atoms with Gasteiger partial charge in [-0.3, -0.25) is 4.79 Å². The van der Waals surface area contributed by atoms with Crippen molar-refractivity contribution in [1.29, 1.82) is 0 Å². The number of nitrogens with one attached hydrogen (secondary N) is 1. The molecule has 0 aliphatic rings. The zero-order valence-electron chi connectivity index (χ0n) is 8.47. The van der Waals surface area contributed by atoms with E-state index in [9.17, 15) is 4.79 Å². The Kier molecular flexibility index (Phi) is 2.59. The van der Waals surface area contributed by atoms with Gasteiger partial charge in [0.05, 0.1) is 0 Å². The third-order valence-electron chi connectivity index (χ3n) is 2.23. The minimum atomic E-state index is -0.937. The highest BCUT2D eigenvalue weighted by Gasteiger charge is 2.06. The first-order valence-electron chi connectivity index (χ1n) is 4.77. The molecule has 0 spiro atoms. The Balaban J connectivity index is 2.48. The zero-order chi connectivity index (χ0) is 11.5. The number of anilines is 2. The second-order valence-corrected chi connectivity index (χ2v) is 3.35. The van der Waals surface area contributed by atoms with Crippen LogP contribution in [0.5, 0.6) is 0 Å². The normalized spacial score (nSPS) is 10.2. The summed E-state index contributed by atoms with van der Waals surface area (Å²) in [6.45, 7) is -0.180. The Bertz CT molecular complexity index is 534. The molecular weight excluding hydrogens is 206 g/mol. The van der Waals surface area contributed by atoms with Crippen molar-refractivity contribution in [3.8, 4) is 0 Å². The molecule has 2 rings (SSSR count). The lowest BCUT2D eigenvalue weighted by atomic mass is 10.1. The van der Waals surface area contributed by atoms with Crippen LogP contribution in [0.25, 0.3) is 10.8 Å². The van der Waals surface area contributed by atoms with Gasteiger partial charge >= 0.3 is 5.97 Å². The largest absolute Gasteiger partial charge is 0.480 e. The van der Waals surface area contributed by atoms with Crippen LogP contribution in [-0.2, 0) is 4.79 Å². The van der Waals surface area contributed by atoms with Crippen LogP contribution in [0, 0.1) is 0 Å². The fraction of sp³-hybridized carbons (Fsp3) is 0.0909. The molecule has 5 heteroatoms. The molecule has 0 radical (unpaired) electrons. The molecule has 0 saturated heterocycles.